The number of hydrogen-bond acceptors (Lipinski definition) is 3. The zero-order valence-corrected chi connectivity index (χ0v) is 10.1. The first-order valence-electron chi connectivity index (χ1n) is 6.22. The highest BCUT2D eigenvalue weighted by molar-refractivity contribution is 5.09. The average molecular weight is 219 g/mol. The normalized spacial score (nSPS) is 18.8. The van der Waals surface area contributed by atoms with Crippen molar-refractivity contribution in [3.05, 3.63) is 30.1 Å². The SMILES string of the molecule is CCN1CCN(CCc2ccncc2)CC1. The Hall–Kier alpha value is -0.930. The molecule has 2 rings (SSSR count). The lowest BCUT2D eigenvalue weighted by Gasteiger charge is -2.33. The quantitative estimate of drug-likeness (QED) is 0.760. The molecule has 16 heavy (non-hydrogen) atoms. The lowest BCUT2D eigenvalue weighted by atomic mass is 10.2. The first-order valence-corrected chi connectivity index (χ1v) is 6.22. The molecule has 0 spiro atoms. The molecule has 0 amide bonds. The van der Waals surface area contributed by atoms with Gasteiger partial charge in [-0.25, -0.2) is 0 Å². The highest BCUT2D eigenvalue weighted by Crippen LogP contribution is 2.04. The Bertz CT molecular complexity index is 291. The summed E-state index contributed by atoms with van der Waals surface area (Å²) >= 11 is 0. The van der Waals surface area contributed by atoms with Gasteiger partial charge < -0.3 is 9.80 Å². The molecule has 0 saturated carbocycles. The van der Waals surface area contributed by atoms with E-state index in [1.54, 1.807) is 0 Å². The lowest BCUT2D eigenvalue weighted by molar-refractivity contribution is 0.138. The van der Waals surface area contributed by atoms with E-state index in [1.165, 1.54) is 44.8 Å². The largest absolute Gasteiger partial charge is 0.301 e. The van der Waals surface area contributed by atoms with Crippen molar-refractivity contribution in [3.63, 3.8) is 0 Å². The van der Waals surface area contributed by atoms with Gasteiger partial charge in [-0.05, 0) is 30.7 Å². The standard InChI is InChI=1S/C13H21N3/c1-2-15-9-11-16(12-10-15)8-5-13-3-6-14-7-4-13/h3-4,6-7H,2,5,8-12H2,1H3. The second kappa shape index (κ2) is 5.97. The molecular weight excluding hydrogens is 198 g/mol. The van der Waals surface area contributed by atoms with Crippen LogP contribution in [-0.4, -0.2) is 54.1 Å². The van der Waals surface area contributed by atoms with Crippen LogP contribution in [0.5, 0.6) is 0 Å². The van der Waals surface area contributed by atoms with Gasteiger partial charge >= 0.3 is 0 Å². The van der Waals surface area contributed by atoms with Gasteiger partial charge in [0.15, 0.2) is 0 Å². The molecule has 2 heterocycles. The fourth-order valence-corrected chi connectivity index (χ4v) is 2.17. The van der Waals surface area contributed by atoms with Gasteiger partial charge in [0.25, 0.3) is 0 Å². The fraction of sp³-hybridized carbons (Fsp3) is 0.615. The summed E-state index contributed by atoms with van der Waals surface area (Å²) in [5.74, 6) is 0. The molecule has 1 aliphatic rings. The molecule has 1 saturated heterocycles. The predicted octanol–water partition coefficient (Wildman–Crippen LogP) is 1.26. The van der Waals surface area contributed by atoms with Crippen LogP contribution in [0, 0.1) is 0 Å². The maximum Gasteiger partial charge on any atom is 0.0270 e. The molecule has 1 aromatic heterocycles. The first-order chi connectivity index (χ1) is 7.88. The van der Waals surface area contributed by atoms with Crippen LogP contribution in [0.25, 0.3) is 0 Å². The lowest BCUT2D eigenvalue weighted by Crippen LogP contribution is -2.46. The second-order valence-corrected chi connectivity index (χ2v) is 4.38. The van der Waals surface area contributed by atoms with Crippen LogP contribution in [0.4, 0.5) is 0 Å². The van der Waals surface area contributed by atoms with Gasteiger partial charge in [-0.3, -0.25) is 4.98 Å². The number of rotatable bonds is 4. The number of pyridine rings is 1. The summed E-state index contributed by atoms with van der Waals surface area (Å²) in [6.45, 7) is 9.52. The monoisotopic (exact) mass is 219 g/mol. The Morgan fingerprint density at radius 2 is 1.69 bits per heavy atom. The van der Waals surface area contributed by atoms with E-state index in [9.17, 15) is 0 Å². The van der Waals surface area contributed by atoms with Crippen molar-refractivity contribution in [2.24, 2.45) is 0 Å². The van der Waals surface area contributed by atoms with Crippen LogP contribution in [0.15, 0.2) is 24.5 Å². The maximum atomic E-state index is 4.04. The molecule has 0 unspecified atom stereocenters. The third-order valence-electron chi connectivity index (χ3n) is 3.38. The Labute approximate surface area is 98.1 Å². The Balaban J connectivity index is 1.72. The molecule has 3 heteroatoms. The number of nitrogens with zero attached hydrogens (tertiary/aromatic N) is 3. The molecule has 0 aliphatic carbocycles. The molecular formula is C13H21N3. The van der Waals surface area contributed by atoms with Gasteiger partial charge in [0, 0.05) is 45.1 Å². The van der Waals surface area contributed by atoms with Crippen LogP contribution in [0.2, 0.25) is 0 Å². The van der Waals surface area contributed by atoms with Crippen molar-refractivity contribution >= 4 is 0 Å². The molecule has 0 aromatic carbocycles. The summed E-state index contributed by atoms with van der Waals surface area (Å²) in [7, 11) is 0. The van der Waals surface area contributed by atoms with Crippen molar-refractivity contribution in [2.75, 3.05) is 39.3 Å². The molecule has 0 bridgehead atoms. The zero-order valence-electron chi connectivity index (χ0n) is 10.1. The van der Waals surface area contributed by atoms with E-state index < -0.39 is 0 Å². The molecule has 0 radical (unpaired) electrons. The minimum Gasteiger partial charge on any atom is -0.301 e. The molecule has 0 atom stereocenters. The fourth-order valence-electron chi connectivity index (χ4n) is 2.17. The smallest absolute Gasteiger partial charge is 0.0270 e. The number of hydrogen-bond donors (Lipinski definition) is 0. The topological polar surface area (TPSA) is 19.4 Å². The Morgan fingerprint density at radius 1 is 1.06 bits per heavy atom. The average Bonchev–Trinajstić information content (AvgIpc) is 2.38. The third-order valence-corrected chi connectivity index (χ3v) is 3.38. The summed E-state index contributed by atoms with van der Waals surface area (Å²) in [4.78, 5) is 9.12. The molecule has 3 nitrogen and oxygen atoms in total. The van der Waals surface area contributed by atoms with Gasteiger partial charge in [-0.2, -0.15) is 0 Å². The first kappa shape index (κ1) is 11.6. The van der Waals surface area contributed by atoms with Gasteiger partial charge in [-0.1, -0.05) is 6.92 Å². The van der Waals surface area contributed by atoms with Crippen molar-refractivity contribution in [1.82, 2.24) is 14.8 Å². The molecule has 1 fully saturated rings. The van der Waals surface area contributed by atoms with Gasteiger partial charge in [-0.15, -0.1) is 0 Å². The summed E-state index contributed by atoms with van der Waals surface area (Å²) < 4.78 is 0. The zero-order chi connectivity index (χ0) is 11.2. The van der Waals surface area contributed by atoms with Crippen LogP contribution < -0.4 is 0 Å². The molecule has 88 valence electrons. The van der Waals surface area contributed by atoms with Crippen LogP contribution in [0.1, 0.15) is 12.5 Å². The van der Waals surface area contributed by atoms with E-state index in [0.717, 1.165) is 6.42 Å². The number of likely N-dealkylation sites (N-methyl/N-ethyl adjacent to an activating group) is 1. The van der Waals surface area contributed by atoms with Crippen molar-refractivity contribution < 1.29 is 0 Å². The summed E-state index contributed by atoms with van der Waals surface area (Å²) in [6.07, 6.45) is 4.91. The van der Waals surface area contributed by atoms with E-state index in [0.29, 0.717) is 0 Å². The highest BCUT2D eigenvalue weighted by atomic mass is 15.3. The third kappa shape index (κ3) is 3.29. The molecule has 1 aromatic rings. The van der Waals surface area contributed by atoms with Crippen molar-refractivity contribution in [2.45, 2.75) is 13.3 Å². The van der Waals surface area contributed by atoms with E-state index in [4.69, 9.17) is 0 Å². The summed E-state index contributed by atoms with van der Waals surface area (Å²) in [6, 6.07) is 4.23. The van der Waals surface area contributed by atoms with Gasteiger partial charge in [0.05, 0.1) is 0 Å². The molecule has 0 N–H and O–H groups in total. The van der Waals surface area contributed by atoms with Crippen molar-refractivity contribution in [3.8, 4) is 0 Å². The summed E-state index contributed by atoms with van der Waals surface area (Å²) in [5, 5.41) is 0. The minimum absolute atomic E-state index is 1.15. The van der Waals surface area contributed by atoms with Gasteiger partial charge in [0.2, 0.25) is 0 Å². The number of aromatic nitrogens is 1. The van der Waals surface area contributed by atoms with Crippen LogP contribution >= 0.6 is 0 Å². The van der Waals surface area contributed by atoms with Crippen molar-refractivity contribution in [1.29, 1.82) is 0 Å². The van der Waals surface area contributed by atoms with E-state index >= 15 is 0 Å². The van der Waals surface area contributed by atoms with Crippen LogP contribution in [-0.2, 0) is 6.42 Å². The molecule has 1 aliphatic heterocycles. The second-order valence-electron chi connectivity index (χ2n) is 4.38. The Morgan fingerprint density at radius 3 is 2.31 bits per heavy atom. The Kier molecular flexibility index (Phi) is 4.31. The summed E-state index contributed by atoms with van der Waals surface area (Å²) in [5.41, 5.74) is 1.40. The van der Waals surface area contributed by atoms with E-state index in [2.05, 4.69) is 33.8 Å². The predicted molar refractivity (Wildman–Crippen MR) is 66.5 cm³/mol. The minimum atomic E-state index is 1.15. The van der Waals surface area contributed by atoms with Crippen LogP contribution in [0.3, 0.4) is 0 Å². The van der Waals surface area contributed by atoms with E-state index in [-0.39, 0.29) is 0 Å². The number of piperazine rings is 1. The maximum absolute atomic E-state index is 4.04. The van der Waals surface area contributed by atoms with Gasteiger partial charge in [0.1, 0.15) is 0 Å². The van der Waals surface area contributed by atoms with E-state index in [1.807, 2.05) is 12.4 Å². The highest BCUT2D eigenvalue weighted by Gasteiger charge is 2.14.